The first-order valence-corrected chi connectivity index (χ1v) is 7.93. The van der Waals surface area contributed by atoms with Gasteiger partial charge < -0.3 is 9.84 Å². The van der Waals surface area contributed by atoms with Crippen LogP contribution in [0.4, 0.5) is 0 Å². The van der Waals surface area contributed by atoms with Crippen molar-refractivity contribution in [2.24, 2.45) is 11.3 Å². The van der Waals surface area contributed by atoms with Crippen LogP contribution in [0.3, 0.4) is 0 Å². The number of carboxylic acid groups (broad SMARTS) is 1. The summed E-state index contributed by atoms with van der Waals surface area (Å²) in [4.78, 5) is 11.6. The summed E-state index contributed by atoms with van der Waals surface area (Å²) in [5.74, 6) is 0.619. The molecule has 0 aromatic heterocycles. The average Bonchev–Trinajstić information content (AvgIpc) is 2.41. The van der Waals surface area contributed by atoms with Gasteiger partial charge in [0.25, 0.3) is 0 Å². The Kier molecular flexibility index (Phi) is 5.08. The molecule has 0 spiro atoms. The van der Waals surface area contributed by atoms with Gasteiger partial charge in [-0.05, 0) is 49.4 Å². The van der Waals surface area contributed by atoms with E-state index in [9.17, 15) is 9.90 Å². The molecule has 1 fully saturated rings. The smallest absolute Gasteiger partial charge is 0.309 e. The molecule has 4 heteroatoms. The Bertz CT molecular complexity index is 457. The maximum absolute atomic E-state index is 11.6. The van der Waals surface area contributed by atoms with Crippen molar-refractivity contribution in [1.29, 1.82) is 0 Å². The molecule has 1 aliphatic carbocycles. The van der Waals surface area contributed by atoms with Gasteiger partial charge in [-0.2, -0.15) is 0 Å². The Morgan fingerprint density at radius 3 is 2.75 bits per heavy atom. The largest absolute Gasteiger partial charge is 0.494 e. The van der Waals surface area contributed by atoms with Crippen molar-refractivity contribution in [3.63, 3.8) is 0 Å². The molecule has 0 bridgehead atoms. The summed E-state index contributed by atoms with van der Waals surface area (Å²) in [6.45, 7) is 2.60. The normalized spacial score (nSPS) is 26.2. The zero-order chi connectivity index (χ0) is 14.6. The summed E-state index contributed by atoms with van der Waals surface area (Å²) in [6, 6.07) is 7.62. The highest BCUT2D eigenvalue weighted by Gasteiger charge is 2.41. The van der Waals surface area contributed by atoms with E-state index < -0.39 is 11.4 Å². The number of ether oxygens (including phenoxy) is 1. The molecule has 2 unspecified atom stereocenters. The lowest BCUT2D eigenvalue weighted by Gasteiger charge is -2.36. The summed E-state index contributed by atoms with van der Waals surface area (Å²) < 4.78 is 6.70. The van der Waals surface area contributed by atoms with Gasteiger partial charge in [0, 0.05) is 4.47 Å². The topological polar surface area (TPSA) is 46.5 Å². The third-order valence-corrected chi connectivity index (χ3v) is 4.74. The van der Waals surface area contributed by atoms with Crippen LogP contribution in [0, 0.1) is 11.3 Å². The molecule has 1 aromatic carbocycles. The van der Waals surface area contributed by atoms with E-state index in [0.29, 0.717) is 18.9 Å². The molecule has 1 aliphatic rings. The second-order valence-corrected chi connectivity index (χ2v) is 6.76. The van der Waals surface area contributed by atoms with Gasteiger partial charge in [0.05, 0.1) is 12.0 Å². The summed E-state index contributed by atoms with van der Waals surface area (Å²) in [7, 11) is 0. The Balaban J connectivity index is 1.92. The first-order chi connectivity index (χ1) is 9.52. The number of aliphatic carboxylic acids is 1. The van der Waals surface area contributed by atoms with Crippen LogP contribution in [-0.2, 0) is 4.79 Å². The number of carboxylic acids is 1. The zero-order valence-corrected chi connectivity index (χ0v) is 13.4. The third kappa shape index (κ3) is 3.75. The summed E-state index contributed by atoms with van der Waals surface area (Å²) in [6.07, 6.45) is 4.28. The van der Waals surface area contributed by atoms with Gasteiger partial charge in [-0.15, -0.1) is 0 Å². The SMILES string of the molecule is CC1CCCC(CCOc2ccc(Br)cc2)(C(=O)O)C1. The van der Waals surface area contributed by atoms with E-state index in [0.717, 1.165) is 35.9 Å². The molecule has 3 nitrogen and oxygen atoms in total. The van der Waals surface area contributed by atoms with Crippen molar-refractivity contribution in [3.8, 4) is 5.75 Å². The lowest BCUT2D eigenvalue weighted by atomic mass is 9.68. The highest BCUT2D eigenvalue weighted by Crippen LogP contribution is 2.42. The summed E-state index contributed by atoms with van der Waals surface area (Å²) in [5, 5.41) is 9.58. The minimum absolute atomic E-state index is 0.459. The number of halogens is 1. The fourth-order valence-corrected chi connectivity index (χ4v) is 3.35. The minimum atomic E-state index is -0.663. The fourth-order valence-electron chi connectivity index (χ4n) is 3.08. The van der Waals surface area contributed by atoms with E-state index in [1.807, 2.05) is 24.3 Å². The van der Waals surface area contributed by atoms with Gasteiger partial charge in [-0.25, -0.2) is 0 Å². The number of hydrogen-bond donors (Lipinski definition) is 1. The molecule has 20 heavy (non-hydrogen) atoms. The van der Waals surface area contributed by atoms with E-state index in [-0.39, 0.29) is 0 Å². The van der Waals surface area contributed by atoms with Gasteiger partial charge in [-0.1, -0.05) is 35.7 Å². The van der Waals surface area contributed by atoms with Crippen LogP contribution in [0.2, 0.25) is 0 Å². The molecule has 0 heterocycles. The van der Waals surface area contributed by atoms with E-state index in [1.54, 1.807) is 0 Å². The Morgan fingerprint density at radius 2 is 2.15 bits per heavy atom. The van der Waals surface area contributed by atoms with Crippen molar-refractivity contribution in [2.75, 3.05) is 6.61 Å². The number of carbonyl (C=O) groups is 1. The van der Waals surface area contributed by atoms with Crippen molar-refractivity contribution < 1.29 is 14.6 Å². The number of rotatable bonds is 5. The second kappa shape index (κ2) is 6.61. The molecule has 0 radical (unpaired) electrons. The van der Waals surface area contributed by atoms with E-state index in [2.05, 4.69) is 22.9 Å². The third-order valence-electron chi connectivity index (χ3n) is 4.21. The predicted octanol–water partition coefficient (Wildman–Crippen LogP) is 4.50. The van der Waals surface area contributed by atoms with E-state index in [1.165, 1.54) is 0 Å². The highest BCUT2D eigenvalue weighted by atomic mass is 79.9. The molecule has 2 rings (SSSR count). The molecule has 1 saturated carbocycles. The minimum Gasteiger partial charge on any atom is -0.494 e. The van der Waals surface area contributed by atoms with Crippen LogP contribution in [0.25, 0.3) is 0 Å². The average molecular weight is 341 g/mol. The van der Waals surface area contributed by atoms with Crippen molar-refractivity contribution >= 4 is 21.9 Å². The Morgan fingerprint density at radius 1 is 1.45 bits per heavy atom. The molecule has 1 N–H and O–H groups in total. The van der Waals surface area contributed by atoms with Crippen molar-refractivity contribution in [3.05, 3.63) is 28.7 Å². The fraction of sp³-hybridized carbons (Fsp3) is 0.562. The van der Waals surface area contributed by atoms with Crippen molar-refractivity contribution in [2.45, 2.75) is 39.0 Å². The van der Waals surface area contributed by atoms with Crippen LogP contribution in [-0.4, -0.2) is 17.7 Å². The zero-order valence-electron chi connectivity index (χ0n) is 11.8. The summed E-state index contributed by atoms with van der Waals surface area (Å²) >= 11 is 3.38. The van der Waals surface area contributed by atoms with Gasteiger partial charge in [-0.3, -0.25) is 4.79 Å². The molecular weight excluding hydrogens is 320 g/mol. The molecule has 2 atom stereocenters. The number of hydrogen-bond acceptors (Lipinski definition) is 2. The maximum atomic E-state index is 11.6. The maximum Gasteiger partial charge on any atom is 0.309 e. The van der Waals surface area contributed by atoms with Crippen molar-refractivity contribution in [1.82, 2.24) is 0 Å². The van der Waals surface area contributed by atoms with Crippen LogP contribution >= 0.6 is 15.9 Å². The lowest BCUT2D eigenvalue weighted by molar-refractivity contribution is -0.153. The summed E-state index contributed by atoms with van der Waals surface area (Å²) in [5.41, 5.74) is -0.590. The first kappa shape index (κ1) is 15.4. The Hall–Kier alpha value is -1.03. The molecule has 0 saturated heterocycles. The molecule has 0 amide bonds. The monoisotopic (exact) mass is 340 g/mol. The molecular formula is C16H21BrO3. The molecule has 0 aliphatic heterocycles. The second-order valence-electron chi connectivity index (χ2n) is 5.84. The predicted molar refractivity (Wildman–Crippen MR) is 82.0 cm³/mol. The van der Waals surface area contributed by atoms with Gasteiger partial charge in [0.1, 0.15) is 5.75 Å². The van der Waals surface area contributed by atoms with Crippen LogP contribution < -0.4 is 4.74 Å². The van der Waals surface area contributed by atoms with Crippen LogP contribution in [0.1, 0.15) is 39.0 Å². The highest BCUT2D eigenvalue weighted by molar-refractivity contribution is 9.10. The first-order valence-electron chi connectivity index (χ1n) is 7.14. The van der Waals surface area contributed by atoms with E-state index >= 15 is 0 Å². The molecule has 1 aromatic rings. The lowest BCUT2D eigenvalue weighted by Crippen LogP contribution is -2.37. The van der Waals surface area contributed by atoms with Gasteiger partial charge >= 0.3 is 5.97 Å². The van der Waals surface area contributed by atoms with Gasteiger partial charge in [0.15, 0.2) is 0 Å². The number of benzene rings is 1. The van der Waals surface area contributed by atoms with E-state index in [4.69, 9.17) is 4.74 Å². The quantitative estimate of drug-likeness (QED) is 0.858. The van der Waals surface area contributed by atoms with Gasteiger partial charge in [0.2, 0.25) is 0 Å². The molecule has 110 valence electrons. The van der Waals surface area contributed by atoms with Crippen LogP contribution in [0.5, 0.6) is 5.75 Å². The Labute approximate surface area is 128 Å². The standard InChI is InChI=1S/C16H21BrO3/c1-12-3-2-8-16(11-12,15(18)19)9-10-20-14-6-4-13(17)5-7-14/h4-7,12H,2-3,8-11H2,1H3,(H,18,19). The van der Waals surface area contributed by atoms with Crippen LogP contribution in [0.15, 0.2) is 28.7 Å².